The van der Waals surface area contributed by atoms with E-state index in [-0.39, 0.29) is 11.5 Å². The minimum absolute atomic E-state index is 0.198. The smallest absolute Gasteiger partial charge is 0.490 e. The fourth-order valence-electron chi connectivity index (χ4n) is 4.94. The quantitative estimate of drug-likeness (QED) is 0.0781. The molecule has 1 heterocycles. The predicted molar refractivity (Wildman–Crippen MR) is 194 cm³/mol. The van der Waals surface area contributed by atoms with E-state index in [2.05, 4.69) is 15.6 Å². The molecule has 0 saturated carbocycles. The number of hydrogen-bond donors (Lipinski definition) is 6. The van der Waals surface area contributed by atoms with Crippen molar-refractivity contribution in [2.24, 2.45) is 11.5 Å². The van der Waals surface area contributed by atoms with Gasteiger partial charge >= 0.3 is 24.3 Å². The van der Waals surface area contributed by atoms with Gasteiger partial charge in [0, 0.05) is 29.9 Å². The number of anilines is 2. The number of nitrogens with one attached hydrogen (secondary N) is 2. The van der Waals surface area contributed by atoms with Crippen LogP contribution in [0.5, 0.6) is 11.5 Å². The summed E-state index contributed by atoms with van der Waals surface area (Å²) < 4.78 is 75.1. The highest BCUT2D eigenvalue weighted by Crippen LogP contribution is 2.38. The third-order valence-electron chi connectivity index (χ3n) is 7.55. The maximum atomic E-state index is 12.8. The Morgan fingerprint density at radius 2 is 1.39 bits per heavy atom. The van der Waals surface area contributed by atoms with Crippen molar-refractivity contribution in [3.8, 4) is 11.5 Å². The van der Waals surface area contributed by atoms with Crippen LogP contribution in [0.2, 0.25) is 0 Å². The van der Waals surface area contributed by atoms with E-state index in [0.717, 1.165) is 28.8 Å². The van der Waals surface area contributed by atoms with E-state index in [1.54, 1.807) is 6.07 Å². The zero-order chi connectivity index (χ0) is 42.2. The average Bonchev–Trinajstić information content (AvgIpc) is 3.13. The summed E-state index contributed by atoms with van der Waals surface area (Å²) in [5.41, 5.74) is 17.2. The number of carboxylic acid groups (broad SMARTS) is 2. The normalized spacial score (nSPS) is 11.5. The van der Waals surface area contributed by atoms with E-state index < -0.39 is 36.2 Å². The number of rotatable bonds is 14. The number of pyridine rings is 1. The monoisotopic (exact) mass is 797 g/mol. The van der Waals surface area contributed by atoms with E-state index in [1.807, 2.05) is 75.4 Å². The summed E-state index contributed by atoms with van der Waals surface area (Å²) in [5, 5.41) is 21.4. The predicted octanol–water partition coefficient (Wildman–Crippen LogP) is 6.28. The molecule has 19 heteroatoms. The summed E-state index contributed by atoms with van der Waals surface area (Å²) in [7, 11) is 0. The van der Waals surface area contributed by atoms with E-state index in [4.69, 9.17) is 40.7 Å². The fraction of sp³-hybridized carbons (Fsp3) is 0.324. The van der Waals surface area contributed by atoms with Crippen LogP contribution < -0.4 is 31.6 Å². The summed E-state index contributed by atoms with van der Waals surface area (Å²) in [6, 6.07) is 18.8. The second-order valence-electron chi connectivity index (χ2n) is 11.5. The molecule has 0 fully saturated rings. The summed E-state index contributed by atoms with van der Waals surface area (Å²) in [6.07, 6.45) is -6.73. The molecule has 0 spiro atoms. The molecule has 0 aliphatic heterocycles. The molecule has 0 saturated heterocycles. The van der Waals surface area contributed by atoms with Gasteiger partial charge in [-0.15, -0.1) is 0 Å². The second-order valence-corrected chi connectivity index (χ2v) is 11.5. The van der Waals surface area contributed by atoms with Gasteiger partial charge in [0.25, 0.3) is 5.91 Å². The van der Waals surface area contributed by atoms with Crippen LogP contribution in [0.1, 0.15) is 54.2 Å². The van der Waals surface area contributed by atoms with Gasteiger partial charge in [-0.1, -0.05) is 49.4 Å². The number of primary amides is 1. The third-order valence-corrected chi connectivity index (χ3v) is 7.55. The first-order valence-corrected chi connectivity index (χ1v) is 16.8. The molecule has 8 N–H and O–H groups in total. The molecule has 1 atom stereocenters. The maximum absolute atomic E-state index is 12.8. The van der Waals surface area contributed by atoms with Crippen molar-refractivity contribution in [3.63, 3.8) is 0 Å². The standard InChI is InChI=1S/C33H39N5O4.2C2HF3O2/c1-4-23-22(19-37-33(40)26(34)16-15-21-11-8-7-9-12-21)13-10-14-27(23)38-31-24-17-29(41-5-2)30(42-6-3)18-28(24)36-20-25(31)32(35)39;2*3-2(4,5)1(6)7/h7-14,17-18,20,26H,4-6,15-16,19,34H2,1-3H3,(H2,35,39)(H,36,38)(H,37,40);2*(H,6,7)/t26-;;/m0../s1. The third kappa shape index (κ3) is 13.9. The summed E-state index contributed by atoms with van der Waals surface area (Å²) >= 11 is 0. The molecular weight excluding hydrogens is 756 g/mol. The number of carbonyl (C=O) groups is 4. The fourth-order valence-corrected chi connectivity index (χ4v) is 4.94. The van der Waals surface area contributed by atoms with Crippen LogP contribution in [-0.4, -0.2) is 70.6 Å². The van der Waals surface area contributed by atoms with E-state index in [1.165, 1.54) is 6.20 Å². The SMILES string of the molecule is CCOc1cc2ncc(C(N)=O)c(Nc3cccc(CNC(=O)[C@@H](N)CCc4ccccc4)c3CC)c2cc1OCC.O=C(O)C(F)(F)F.O=C(O)C(F)(F)F. The van der Waals surface area contributed by atoms with Crippen LogP contribution in [0.3, 0.4) is 0 Å². The number of amides is 2. The number of hydrogen-bond acceptors (Lipinski definition) is 9. The first-order valence-electron chi connectivity index (χ1n) is 16.8. The number of alkyl halides is 6. The average molecular weight is 798 g/mol. The maximum Gasteiger partial charge on any atom is 0.490 e. The Morgan fingerprint density at radius 1 is 0.839 bits per heavy atom. The Morgan fingerprint density at radius 3 is 1.89 bits per heavy atom. The first-order chi connectivity index (χ1) is 26.2. The lowest BCUT2D eigenvalue weighted by molar-refractivity contribution is -0.193. The molecule has 3 aromatic carbocycles. The number of nitrogens with zero attached hydrogens (tertiary/aromatic N) is 1. The molecule has 13 nitrogen and oxygen atoms in total. The van der Waals surface area contributed by atoms with Gasteiger partial charge in [-0.25, -0.2) is 9.59 Å². The van der Waals surface area contributed by atoms with Crippen molar-refractivity contribution in [3.05, 3.63) is 89.1 Å². The number of carbonyl (C=O) groups excluding carboxylic acids is 2. The molecule has 4 aromatic rings. The lowest BCUT2D eigenvalue weighted by Gasteiger charge is -2.20. The van der Waals surface area contributed by atoms with Gasteiger partial charge in [0.1, 0.15) is 0 Å². The Labute approximate surface area is 317 Å². The van der Waals surface area contributed by atoms with Crippen LogP contribution in [0.25, 0.3) is 10.9 Å². The van der Waals surface area contributed by atoms with E-state index in [9.17, 15) is 35.9 Å². The number of ether oxygens (including phenoxy) is 2. The van der Waals surface area contributed by atoms with Gasteiger partial charge in [0.2, 0.25) is 5.91 Å². The summed E-state index contributed by atoms with van der Waals surface area (Å²) in [4.78, 5) is 47.5. The van der Waals surface area contributed by atoms with Gasteiger partial charge in [-0.05, 0) is 61.9 Å². The zero-order valence-electron chi connectivity index (χ0n) is 30.4. The highest BCUT2D eigenvalue weighted by Gasteiger charge is 2.39. The van der Waals surface area contributed by atoms with Gasteiger partial charge in [-0.3, -0.25) is 14.6 Å². The number of nitrogens with two attached hydrogens (primary N) is 2. The van der Waals surface area contributed by atoms with Crippen LogP contribution in [0.15, 0.2) is 66.9 Å². The number of halogens is 6. The molecule has 304 valence electrons. The van der Waals surface area contributed by atoms with Crippen molar-refractivity contribution in [1.82, 2.24) is 10.3 Å². The number of fused-ring (bicyclic) bond motifs is 1. The van der Waals surface area contributed by atoms with Crippen LogP contribution in [0.4, 0.5) is 37.7 Å². The van der Waals surface area contributed by atoms with E-state index in [0.29, 0.717) is 60.7 Å². The molecule has 0 bridgehead atoms. The Bertz CT molecular complexity index is 1940. The van der Waals surface area contributed by atoms with Crippen molar-refractivity contribution in [2.75, 3.05) is 18.5 Å². The molecule has 0 unspecified atom stereocenters. The van der Waals surface area contributed by atoms with E-state index >= 15 is 0 Å². The highest BCUT2D eigenvalue weighted by atomic mass is 19.4. The molecule has 1 aromatic heterocycles. The topological polar surface area (TPSA) is 216 Å². The lowest BCUT2D eigenvalue weighted by Crippen LogP contribution is -2.40. The van der Waals surface area contributed by atoms with Crippen molar-refractivity contribution < 1.29 is 65.2 Å². The molecular formula is C37H41F6N5O8. The molecule has 56 heavy (non-hydrogen) atoms. The van der Waals surface area contributed by atoms with Crippen LogP contribution in [-0.2, 0) is 33.8 Å². The van der Waals surface area contributed by atoms with Gasteiger partial charge in [-0.2, -0.15) is 26.3 Å². The Kier molecular flexibility index (Phi) is 17.4. The Hall–Kier alpha value is -6.11. The second kappa shape index (κ2) is 21.1. The Balaban J connectivity index is 0.000000657. The number of aryl methyl sites for hydroxylation is 1. The number of aromatic nitrogens is 1. The minimum atomic E-state index is -5.08. The minimum Gasteiger partial charge on any atom is -0.490 e. The number of benzene rings is 3. The zero-order valence-corrected chi connectivity index (χ0v) is 30.4. The molecule has 2 amide bonds. The first kappa shape index (κ1) is 46.0. The number of carboxylic acids is 2. The van der Waals surface area contributed by atoms with Gasteiger partial charge < -0.3 is 41.8 Å². The molecule has 0 aliphatic rings. The van der Waals surface area contributed by atoms with Crippen LogP contribution in [0, 0.1) is 0 Å². The summed E-state index contributed by atoms with van der Waals surface area (Å²) in [6.45, 7) is 7.07. The lowest BCUT2D eigenvalue weighted by atomic mass is 10.0. The van der Waals surface area contributed by atoms with Crippen LogP contribution >= 0.6 is 0 Å². The number of aliphatic carboxylic acids is 2. The van der Waals surface area contributed by atoms with Crippen molar-refractivity contribution in [2.45, 2.75) is 65.0 Å². The largest absolute Gasteiger partial charge is 0.490 e. The van der Waals surface area contributed by atoms with Gasteiger partial charge in [0.15, 0.2) is 11.5 Å². The highest BCUT2D eigenvalue weighted by molar-refractivity contribution is 6.08. The molecule has 4 rings (SSSR count). The molecule has 0 radical (unpaired) electrons. The van der Waals surface area contributed by atoms with Crippen molar-refractivity contribution in [1.29, 1.82) is 0 Å². The summed E-state index contributed by atoms with van der Waals surface area (Å²) in [5.74, 6) is -5.19. The van der Waals surface area contributed by atoms with Crippen molar-refractivity contribution >= 4 is 46.0 Å². The van der Waals surface area contributed by atoms with Gasteiger partial charge in [0.05, 0.1) is 36.0 Å². The molecule has 0 aliphatic carbocycles.